The molecule has 5 heteroatoms. The van der Waals surface area contributed by atoms with Gasteiger partial charge < -0.3 is 16.0 Å². The number of hydrogen-bond donors (Lipinski definition) is 2. The van der Waals surface area contributed by atoms with E-state index in [-0.39, 0.29) is 0 Å². The number of benzene rings is 1. The minimum atomic E-state index is -0.400. The molecular formula is C17H26N4O. The maximum Gasteiger partial charge on any atom is 0.248 e. The monoisotopic (exact) mass is 302 g/mol. The van der Waals surface area contributed by atoms with Crippen molar-refractivity contribution >= 4 is 11.9 Å². The van der Waals surface area contributed by atoms with E-state index in [4.69, 9.17) is 10.7 Å². The average molecular weight is 302 g/mol. The van der Waals surface area contributed by atoms with Gasteiger partial charge in [0.1, 0.15) is 0 Å². The number of carbonyl (C=O) groups is 1. The van der Waals surface area contributed by atoms with Crippen molar-refractivity contribution in [2.45, 2.75) is 33.7 Å². The molecule has 3 N–H and O–H groups in total. The fourth-order valence-corrected chi connectivity index (χ4v) is 2.66. The molecule has 0 saturated carbocycles. The van der Waals surface area contributed by atoms with Crippen LogP contribution in [0.15, 0.2) is 29.3 Å². The van der Waals surface area contributed by atoms with Crippen LogP contribution in [0.3, 0.4) is 0 Å². The number of carbonyl (C=O) groups excluding carboxylic acids is 1. The summed E-state index contributed by atoms with van der Waals surface area (Å²) in [5, 5.41) is 3.36. The van der Waals surface area contributed by atoms with Crippen LogP contribution in [-0.4, -0.2) is 36.4 Å². The lowest BCUT2D eigenvalue weighted by molar-refractivity contribution is 0.100. The summed E-state index contributed by atoms with van der Waals surface area (Å²) in [5.41, 5.74) is 7.19. The molecule has 1 fully saturated rings. The Morgan fingerprint density at radius 3 is 2.55 bits per heavy atom. The number of guanidine groups is 1. The van der Waals surface area contributed by atoms with Gasteiger partial charge in [0.25, 0.3) is 0 Å². The van der Waals surface area contributed by atoms with Gasteiger partial charge in [-0.3, -0.25) is 4.79 Å². The second-order valence-electron chi connectivity index (χ2n) is 6.57. The van der Waals surface area contributed by atoms with Gasteiger partial charge in [0.05, 0.1) is 6.54 Å². The van der Waals surface area contributed by atoms with E-state index in [1.54, 1.807) is 12.1 Å². The fraction of sp³-hybridized carbons (Fsp3) is 0.529. The molecule has 1 aliphatic heterocycles. The van der Waals surface area contributed by atoms with E-state index in [0.717, 1.165) is 31.2 Å². The normalized spacial score (nSPS) is 17.6. The molecule has 0 aliphatic carbocycles. The molecule has 1 amide bonds. The molecular weight excluding hydrogens is 276 g/mol. The smallest absolute Gasteiger partial charge is 0.248 e. The number of primary amides is 1. The number of rotatable bonds is 4. The second-order valence-corrected chi connectivity index (χ2v) is 6.57. The molecule has 0 unspecified atom stereocenters. The van der Waals surface area contributed by atoms with E-state index in [1.165, 1.54) is 6.42 Å². The zero-order valence-corrected chi connectivity index (χ0v) is 13.7. The van der Waals surface area contributed by atoms with Crippen molar-refractivity contribution in [3.8, 4) is 0 Å². The van der Waals surface area contributed by atoms with Crippen LogP contribution < -0.4 is 11.1 Å². The first kappa shape index (κ1) is 16.3. The summed E-state index contributed by atoms with van der Waals surface area (Å²) >= 11 is 0. The van der Waals surface area contributed by atoms with Gasteiger partial charge in [0.15, 0.2) is 5.96 Å². The number of nitrogens with two attached hydrogens (primary N) is 1. The average Bonchev–Trinajstić information content (AvgIpc) is 2.84. The van der Waals surface area contributed by atoms with Crippen LogP contribution in [0, 0.1) is 5.41 Å². The Kier molecular flexibility index (Phi) is 5.06. The minimum absolute atomic E-state index is 0.347. The third kappa shape index (κ3) is 4.23. The van der Waals surface area contributed by atoms with E-state index in [0.29, 0.717) is 17.5 Å². The van der Waals surface area contributed by atoms with Crippen molar-refractivity contribution in [3.05, 3.63) is 35.4 Å². The van der Waals surface area contributed by atoms with Crippen LogP contribution in [0.5, 0.6) is 0 Å². The summed E-state index contributed by atoms with van der Waals surface area (Å²) in [5.74, 6) is 0.565. The highest BCUT2D eigenvalue weighted by Crippen LogP contribution is 2.28. The lowest BCUT2D eigenvalue weighted by Gasteiger charge is -2.23. The predicted octanol–water partition coefficient (Wildman–Crippen LogP) is 1.98. The summed E-state index contributed by atoms with van der Waals surface area (Å²) in [6.45, 7) is 10.2. The van der Waals surface area contributed by atoms with Gasteiger partial charge in [0.2, 0.25) is 5.91 Å². The van der Waals surface area contributed by atoms with Crippen LogP contribution >= 0.6 is 0 Å². The van der Waals surface area contributed by atoms with Crippen LogP contribution in [0.4, 0.5) is 0 Å². The molecule has 0 radical (unpaired) electrons. The first-order chi connectivity index (χ1) is 10.4. The van der Waals surface area contributed by atoms with Crippen LogP contribution in [0.2, 0.25) is 0 Å². The second kappa shape index (κ2) is 6.81. The minimum Gasteiger partial charge on any atom is -0.366 e. The van der Waals surface area contributed by atoms with Crippen molar-refractivity contribution in [2.24, 2.45) is 16.1 Å². The SMILES string of the molecule is CCNC(=NCc1ccc(C(N)=O)cc1)N1CCC(C)(C)C1. The topological polar surface area (TPSA) is 70.7 Å². The summed E-state index contributed by atoms with van der Waals surface area (Å²) in [6, 6.07) is 7.31. The Hall–Kier alpha value is -2.04. The molecule has 120 valence electrons. The van der Waals surface area contributed by atoms with Crippen molar-refractivity contribution in [3.63, 3.8) is 0 Å². The molecule has 1 aliphatic rings. The largest absolute Gasteiger partial charge is 0.366 e. The van der Waals surface area contributed by atoms with Gasteiger partial charge >= 0.3 is 0 Å². The predicted molar refractivity (Wildman–Crippen MR) is 89.7 cm³/mol. The standard InChI is InChI=1S/C17H26N4O/c1-4-19-16(21-10-9-17(2,3)12-21)20-11-13-5-7-14(8-6-13)15(18)22/h5-8H,4,9-12H2,1-3H3,(H2,18,22)(H,19,20). The van der Waals surface area contributed by atoms with Crippen LogP contribution in [-0.2, 0) is 6.54 Å². The highest BCUT2D eigenvalue weighted by Gasteiger charge is 2.30. The molecule has 1 aromatic carbocycles. The summed E-state index contributed by atoms with van der Waals surface area (Å²) < 4.78 is 0. The molecule has 22 heavy (non-hydrogen) atoms. The molecule has 0 bridgehead atoms. The molecule has 1 heterocycles. The zero-order valence-electron chi connectivity index (χ0n) is 13.7. The molecule has 0 spiro atoms. The third-order valence-corrected chi connectivity index (χ3v) is 3.96. The fourth-order valence-electron chi connectivity index (χ4n) is 2.66. The van der Waals surface area contributed by atoms with Gasteiger partial charge in [-0.1, -0.05) is 26.0 Å². The lowest BCUT2D eigenvalue weighted by atomic mass is 9.93. The van der Waals surface area contributed by atoms with Crippen LogP contribution in [0.25, 0.3) is 0 Å². The van der Waals surface area contributed by atoms with Gasteiger partial charge in [-0.15, -0.1) is 0 Å². The first-order valence-corrected chi connectivity index (χ1v) is 7.83. The molecule has 1 saturated heterocycles. The quantitative estimate of drug-likeness (QED) is 0.660. The Morgan fingerprint density at radius 2 is 2.05 bits per heavy atom. The Bertz CT molecular complexity index is 548. The van der Waals surface area contributed by atoms with Crippen molar-refractivity contribution in [1.82, 2.24) is 10.2 Å². The Balaban J connectivity index is 2.05. The van der Waals surface area contributed by atoms with E-state index >= 15 is 0 Å². The Morgan fingerprint density at radius 1 is 1.36 bits per heavy atom. The maximum atomic E-state index is 11.1. The molecule has 0 aromatic heterocycles. The number of aliphatic imine (C=N–C) groups is 1. The van der Waals surface area contributed by atoms with E-state index < -0.39 is 5.91 Å². The summed E-state index contributed by atoms with van der Waals surface area (Å²) in [7, 11) is 0. The highest BCUT2D eigenvalue weighted by atomic mass is 16.1. The third-order valence-electron chi connectivity index (χ3n) is 3.96. The molecule has 1 aromatic rings. The molecule has 2 rings (SSSR count). The van der Waals surface area contributed by atoms with E-state index in [2.05, 4.69) is 31.0 Å². The number of nitrogens with zero attached hydrogens (tertiary/aromatic N) is 2. The Labute approximate surface area is 132 Å². The summed E-state index contributed by atoms with van der Waals surface area (Å²) in [6.07, 6.45) is 1.19. The van der Waals surface area contributed by atoms with E-state index in [9.17, 15) is 4.79 Å². The van der Waals surface area contributed by atoms with Gasteiger partial charge in [-0.2, -0.15) is 0 Å². The number of amides is 1. The maximum absolute atomic E-state index is 11.1. The van der Waals surface area contributed by atoms with Crippen molar-refractivity contribution < 1.29 is 4.79 Å². The van der Waals surface area contributed by atoms with Gasteiger partial charge in [-0.25, -0.2) is 4.99 Å². The first-order valence-electron chi connectivity index (χ1n) is 7.83. The summed E-state index contributed by atoms with van der Waals surface area (Å²) in [4.78, 5) is 18.1. The highest BCUT2D eigenvalue weighted by molar-refractivity contribution is 5.92. The number of likely N-dealkylation sites (tertiary alicyclic amines) is 1. The lowest BCUT2D eigenvalue weighted by Crippen LogP contribution is -2.40. The van der Waals surface area contributed by atoms with Crippen LogP contribution in [0.1, 0.15) is 43.1 Å². The number of hydrogen-bond acceptors (Lipinski definition) is 2. The van der Waals surface area contributed by atoms with Crippen molar-refractivity contribution in [2.75, 3.05) is 19.6 Å². The molecule has 0 atom stereocenters. The number of nitrogens with one attached hydrogen (secondary N) is 1. The van der Waals surface area contributed by atoms with E-state index in [1.807, 2.05) is 12.1 Å². The zero-order chi connectivity index (χ0) is 16.2. The van der Waals surface area contributed by atoms with Crippen molar-refractivity contribution in [1.29, 1.82) is 0 Å². The molecule has 5 nitrogen and oxygen atoms in total. The van der Waals surface area contributed by atoms with Gasteiger partial charge in [-0.05, 0) is 36.5 Å². The van der Waals surface area contributed by atoms with Gasteiger partial charge in [0, 0.05) is 25.2 Å².